The Kier molecular flexibility index (Phi) is 3.97. The van der Waals surface area contributed by atoms with Crippen LogP contribution in [0.5, 0.6) is 0 Å². The predicted octanol–water partition coefficient (Wildman–Crippen LogP) is 2.99. The minimum Gasteiger partial charge on any atom is -0.321 e. The summed E-state index contributed by atoms with van der Waals surface area (Å²) >= 11 is 3.45. The van der Waals surface area contributed by atoms with Gasteiger partial charge in [-0.25, -0.2) is 4.68 Å². The normalized spacial score (nSPS) is 10.5. The van der Waals surface area contributed by atoms with Crippen molar-refractivity contribution in [3.63, 3.8) is 0 Å². The van der Waals surface area contributed by atoms with Crippen LogP contribution in [0.1, 0.15) is 15.9 Å². The number of carbonyl (C=O) groups excluding carboxylic acids is 1. The van der Waals surface area contributed by atoms with E-state index in [2.05, 4.69) is 36.8 Å². The number of aromatic nitrogens is 4. The standard InChI is InChI=1S/C15H12BrN5O/c1-10-5-6-14(13(16)7-10)18-15(22)11-3-2-4-12(8-11)21-9-17-19-20-21/h2-9H,1H3,(H,18,22). The fourth-order valence-corrected chi connectivity index (χ4v) is 2.58. The molecule has 2 aromatic carbocycles. The highest BCUT2D eigenvalue weighted by molar-refractivity contribution is 9.10. The smallest absolute Gasteiger partial charge is 0.255 e. The number of benzene rings is 2. The van der Waals surface area contributed by atoms with Gasteiger partial charge < -0.3 is 5.32 Å². The van der Waals surface area contributed by atoms with Crippen molar-refractivity contribution in [2.75, 3.05) is 5.32 Å². The molecule has 0 aliphatic heterocycles. The first-order valence-electron chi connectivity index (χ1n) is 6.54. The van der Waals surface area contributed by atoms with Crippen molar-refractivity contribution < 1.29 is 4.79 Å². The Hall–Kier alpha value is -2.54. The number of amides is 1. The predicted molar refractivity (Wildman–Crippen MR) is 86.0 cm³/mol. The van der Waals surface area contributed by atoms with Crippen LogP contribution < -0.4 is 5.32 Å². The van der Waals surface area contributed by atoms with E-state index >= 15 is 0 Å². The first-order valence-corrected chi connectivity index (χ1v) is 7.34. The second-order valence-electron chi connectivity index (χ2n) is 4.74. The van der Waals surface area contributed by atoms with E-state index in [4.69, 9.17) is 0 Å². The number of hydrogen-bond donors (Lipinski definition) is 1. The molecule has 3 aromatic rings. The summed E-state index contributed by atoms with van der Waals surface area (Å²) in [5.41, 5.74) is 3.09. The third-order valence-electron chi connectivity index (χ3n) is 3.09. The number of hydrogen-bond acceptors (Lipinski definition) is 4. The highest BCUT2D eigenvalue weighted by Crippen LogP contribution is 2.24. The van der Waals surface area contributed by atoms with Gasteiger partial charge in [0.05, 0.1) is 11.4 Å². The van der Waals surface area contributed by atoms with Crippen molar-refractivity contribution in [1.29, 1.82) is 0 Å². The molecule has 6 nitrogen and oxygen atoms in total. The molecule has 0 aliphatic carbocycles. The molecule has 22 heavy (non-hydrogen) atoms. The molecule has 0 atom stereocenters. The third kappa shape index (κ3) is 3.04. The fourth-order valence-electron chi connectivity index (χ4n) is 1.99. The highest BCUT2D eigenvalue weighted by atomic mass is 79.9. The van der Waals surface area contributed by atoms with Gasteiger partial charge in [-0.15, -0.1) is 5.10 Å². The van der Waals surface area contributed by atoms with Crippen molar-refractivity contribution >= 4 is 27.5 Å². The first-order chi connectivity index (χ1) is 10.6. The van der Waals surface area contributed by atoms with Crippen LogP contribution in [0.15, 0.2) is 53.3 Å². The van der Waals surface area contributed by atoms with Crippen LogP contribution in [-0.2, 0) is 0 Å². The van der Waals surface area contributed by atoms with Gasteiger partial charge in [-0.3, -0.25) is 4.79 Å². The minimum absolute atomic E-state index is 0.195. The summed E-state index contributed by atoms with van der Waals surface area (Å²) in [6, 6.07) is 12.8. The monoisotopic (exact) mass is 357 g/mol. The van der Waals surface area contributed by atoms with Gasteiger partial charge in [0.25, 0.3) is 5.91 Å². The van der Waals surface area contributed by atoms with E-state index in [1.165, 1.54) is 11.0 Å². The zero-order valence-electron chi connectivity index (χ0n) is 11.7. The second kappa shape index (κ2) is 6.07. The van der Waals surface area contributed by atoms with Crippen molar-refractivity contribution in [2.24, 2.45) is 0 Å². The molecule has 110 valence electrons. The number of rotatable bonds is 3. The summed E-state index contributed by atoms with van der Waals surface area (Å²) in [6.07, 6.45) is 1.48. The lowest BCUT2D eigenvalue weighted by atomic mass is 10.1. The van der Waals surface area contributed by atoms with Gasteiger partial charge in [-0.1, -0.05) is 12.1 Å². The van der Waals surface area contributed by atoms with Crippen LogP contribution in [0.3, 0.4) is 0 Å². The Morgan fingerprint density at radius 3 is 2.82 bits per heavy atom. The molecule has 1 amide bonds. The maximum Gasteiger partial charge on any atom is 0.255 e. The third-order valence-corrected chi connectivity index (χ3v) is 3.75. The van der Waals surface area contributed by atoms with Crippen molar-refractivity contribution in [1.82, 2.24) is 20.2 Å². The van der Waals surface area contributed by atoms with E-state index in [1.807, 2.05) is 31.2 Å². The molecule has 0 bridgehead atoms. The Morgan fingerprint density at radius 1 is 1.23 bits per heavy atom. The molecule has 3 rings (SSSR count). The van der Waals surface area contributed by atoms with Crippen LogP contribution in [0.4, 0.5) is 5.69 Å². The lowest BCUT2D eigenvalue weighted by Crippen LogP contribution is -2.13. The number of tetrazole rings is 1. The maximum absolute atomic E-state index is 12.4. The molecule has 0 unspecified atom stereocenters. The zero-order valence-corrected chi connectivity index (χ0v) is 13.3. The van der Waals surface area contributed by atoms with Crippen LogP contribution in [0.2, 0.25) is 0 Å². The number of halogens is 1. The highest BCUT2D eigenvalue weighted by Gasteiger charge is 2.10. The average molecular weight is 358 g/mol. The van der Waals surface area contributed by atoms with Gasteiger partial charge >= 0.3 is 0 Å². The van der Waals surface area contributed by atoms with Crippen molar-refractivity contribution in [3.05, 3.63) is 64.4 Å². The lowest BCUT2D eigenvalue weighted by molar-refractivity contribution is 0.102. The summed E-state index contributed by atoms with van der Waals surface area (Å²) in [4.78, 5) is 12.4. The fraction of sp³-hybridized carbons (Fsp3) is 0.0667. The summed E-state index contributed by atoms with van der Waals surface area (Å²) in [5.74, 6) is -0.195. The molecular weight excluding hydrogens is 346 g/mol. The van der Waals surface area contributed by atoms with E-state index in [9.17, 15) is 4.79 Å². The van der Waals surface area contributed by atoms with Gasteiger partial charge in [-0.05, 0) is 69.2 Å². The summed E-state index contributed by atoms with van der Waals surface area (Å²) in [5, 5.41) is 13.9. The Labute approximate surface area is 135 Å². The minimum atomic E-state index is -0.195. The molecule has 1 N–H and O–H groups in total. The molecule has 0 spiro atoms. The number of nitrogens with zero attached hydrogens (tertiary/aromatic N) is 4. The van der Waals surface area contributed by atoms with E-state index in [1.54, 1.807) is 18.2 Å². The molecule has 0 radical (unpaired) electrons. The SMILES string of the molecule is Cc1ccc(NC(=O)c2cccc(-n3cnnn3)c2)c(Br)c1. The summed E-state index contributed by atoms with van der Waals surface area (Å²) in [6.45, 7) is 1.99. The number of nitrogens with one attached hydrogen (secondary N) is 1. The van der Waals surface area contributed by atoms with Gasteiger partial charge in [0, 0.05) is 10.0 Å². The van der Waals surface area contributed by atoms with Crippen LogP contribution >= 0.6 is 15.9 Å². The largest absolute Gasteiger partial charge is 0.321 e. The Bertz CT molecular complexity index is 817. The summed E-state index contributed by atoms with van der Waals surface area (Å²) < 4.78 is 2.34. The van der Waals surface area contributed by atoms with E-state index < -0.39 is 0 Å². The van der Waals surface area contributed by atoms with Crippen LogP contribution in [0.25, 0.3) is 5.69 Å². The molecule has 1 heterocycles. The molecule has 0 aliphatic rings. The first kappa shape index (κ1) is 14.4. The van der Waals surface area contributed by atoms with E-state index in [0.717, 1.165) is 21.4 Å². The van der Waals surface area contributed by atoms with Crippen LogP contribution in [0, 0.1) is 6.92 Å². The molecular formula is C15H12BrN5O. The van der Waals surface area contributed by atoms with Gasteiger partial charge in [0.2, 0.25) is 0 Å². The van der Waals surface area contributed by atoms with Gasteiger partial charge in [0.1, 0.15) is 6.33 Å². The molecule has 0 saturated heterocycles. The molecule has 0 saturated carbocycles. The number of carbonyl (C=O) groups is 1. The zero-order chi connectivity index (χ0) is 15.5. The molecule has 1 aromatic heterocycles. The quantitative estimate of drug-likeness (QED) is 0.781. The Balaban J connectivity index is 1.85. The topological polar surface area (TPSA) is 72.7 Å². The van der Waals surface area contributed by atoms with Gasteiger partial charge in [0.15, 0.2) is 0 Å². The van der Waals surface area contributed by atoms with E-state index in [0.29, 0.717) is 5.56 Å². The molecule has 0 fully saturated rings. The van der Waals surface area contributed by atoms with Crippen LogP contribution in [-0.4, -0.2) is 26.1 Å². The maximum atomic E-state index is 12.4. The number of anilines is 1. The van der Waals surface area contributed by atoms with E-state index in [-0.39, 0.29) is 5.91 Å². The Morgan fingerprint density at radius 2 is 2.09 bits per heavy atom. The van der Waals surface area contributed by atoms with Gasteiger partial charge in [-0.2, -0.15) is 0 Å². The molecule has 7 heteroatoms. The average Bonchev–Trinajstić information content (AvgIpc) is 3.04. The second-order valence-corrected chi connectivity index (χ2v) is 5.60. The van der Waals surface area contributed by atoms with Crippen molar-refractivity contribution in [2.45, 2.75) is 6.92 Å². The lowest BCUT2D eigenvalue weighted by Gasteiger charge is -2.09. The number of aryl methyl sites for hydroxylation is 1. The summed E-state index contributed by atoms with van der Waals surface area (Å²) in [7, 11) is 0. The van der Waals surface area contributed by atoms with Crippen molar-refractivity contribution in [3.8, 4) is 5.69 Å².